The first kappa shape index (κ1) is 20.5. The summed E-state index contributed by atoms with van der Waals surface area (Å²) in [5, 5.41) is 3.94. The van der Waals surface area contributed by atoms with Gasteiger partial charge in [-0.1, -0.05) is 35.5 Å². The second-order valence-electron chi connectivity index (χ2n) is 7.19. The minimum atomic E-state index is -0.319. The molecule has 4 aromatic rings. The van der Waals surface area contributed by atoms with E-state index in [2.05, 4.69) is 10.1 Å². The maximum atomic E-state index is 13.1. The molecule has 158 valence electrons. The van der Waals surface area contributed by atoms with Gasteiger partial charge < -0.3 is 13.8 Å². The fourth-order valence-electron chi connectivity index (χ4n) is 3.25. The van der Waals surface area contributed by atoms with Crippen molar-refractivity contribution < 1.29 is 18.1 Å². The molecule has 2 heterocycles. The van der Waals surface area contributed by atoms with Gasteiger partial charge in [-0.15, -0.1) is 0 Å². The molecule has 0 aliphatic rings. The molecule has 0 saturated carbocycles. The standard InChI is InChI=1S/C24H22FN3O3/c25-20-13-11-19(12-14-20)24-26-22(31-27-24)9-4-10-23(29)28(17-21-8-5-15-30-21)16-18-6-2-1-3-7-18/h1-3,5-8,11-15H,4,9-10,16-17H2. The van der Waals surface area contributed by atoms with Crippen molar-refractivity contribution in [3.8, 4) is 11.4 Å². The number of aryl methyl sites for hydroxylation is 1. The molecule has 0 N–H and O–H groups in total. The van der Waals surface area contributed by atoms with Crippen LogP contribution in [0.15, 0.2) is 81.9 Å². The van der Waals surface area contributed by atoms with Gasteiger partial charge >= 0.3 is 0 Å². The summed E-state index contributed by atoms with van der Waals surface area (Å²) < 4.78 is 23.8. The molecule has 2 aromatic carbocycles. The summed E-state index contributed by atoms with van der Waals surface area (Å²) in [5.41, 5.74) is 1.74. The van der Waals surface area contributed by atoms with Gasteiger partial charge in [0.1, 0.15) is 11.6 Å². The van der Waals surface area contributed by atoms with Crippen molar-refractivity contribution in [2.45, 2.75) is 32.4 Å². The number of nitrogens with zero attached hydrogens (tertiary/aromatic N) is 3. The molecule has 7 heteroatoms. The number of hydrogen-bond donors (Lipinski definition) is 0. The zero-order valence-electron chi connectivity index (χ0n) is 16.9. The number of carbonyl (C=O) groups excluding carboxylic acids is 1. The second-order valence-corrected chi connectivity index (χ2v) is 7.19. The molecule has 2 aromatic heterocycles. The van der Waals surface area contributed by atoms with E-state index < -0.39 is 0 Å². The van der Waals surface area contributed by atoms with Crippen LogP contribution in [-0.4, -0.2) is 20.9 Å². The van der Waals surface area contributed by atoms with Crippen LogP contribution in [0.3, 0.4) is 0 Å². The smallest absolute Gasteiger partial charge is 0.226 e. The summed E-state index contributed by atoms with van der Waals surface area (Å²) in [7, 11) is 0. The highest BCUT2D eigenvalue weighted by Crippen LogP contribution is 2.18. The van der Waals surface area contributed by atoms with Crippen molar-refractivity contribution in [3.63, 3.8) is 0 Å². The predicted octanol–water partition coefficient (Wildman–Crippen LogP) is 5.02. The Morgan fingerprint density at radius 1 is 0.968 bits per heavy atom. The maximum absolute atomic E-state index is 13.1. The van der Waals surface area contributed by atoms with Crippen LogP contribution in [0.1, 0.15) is 30.1 Å². The molecular formula is C24H22FN3O3. The molecule has 1 amide bonds. The lowest BCUT2D eigenvalue weighted by atomic mass is 10.1. The van der Waals surface area contributed by atoms with Crippen LogP contribution in [0, 0.1) is 5.82 Å². The van der Waals surface area contributed by atoms with Gasteiger partial charge in [-0.2, -0.15) is 4.98 Å². The molecule has 0 radical (unpaired) electrons. The Morgan fingerprint density at radius 3 is 2.52 bits per heavy atom. The van der Waals surface area contributed by atoms with Gasteiger partial charge in [-0.05, 0) is 48.4 Å². The van der Waals surface area contributed by atoms with E-state index >= 15 is 0 Å². The molecule has 0 aliphatic heterocycles. The zero-order chi connectivity index (χ0) is 21.5. The summed E-state index contributed by atoms with van der Waals surface area (Å²) in [6.07, 6.45) is 3.02. The van der Waals surface area contributed by atoms with Gasteiger partial charge in [0, 0.05) is 24.9 Å². The molecule has 0 atom stereocenters. The minimum absolute atomic E-state index is 0.0264. The predicted molar refractivity (Wildman–Crippen MR) is 112 cm³/mol. The van der Waals surface area contributed by atoms with Gasteiger partial charge in [0.05, 0.1) is 12.8 Å². The third-order valence-corrected chi connectivity index (χ3v) is 4.85. The monoisotopic (exact) mass is 419 g/mol. The third kappa shape index (κ3) is 5.66. The number of amides is 1. The Morgan fingerprint density at radius 2 is 1.77 bits per heavy atom. The average molecular weight is 419 g/mol. The fraction of sp³-hybridized carbons (Fsp3) is 0.208. The van der Waals surface area contributed by atoms with Gasteiger partial charge in [0.15, 0.2) is 0 Å². The van der Waals surface area contributed by atoms with Crippen LogP contribution < -0.4 is 0 Å². The van der Waals surface area contributed by atoms with Crippen molar-refractivity contribution >= 4 is 5.91 Å². The quantitative estimate of drug-likeness (QED) is 0.381. The Hall–Kier alpha value is -3.74. The average Bonchev–Trinajstić information content (AvgIpc) is 3.47. The molecular weight excluding hydrogens is 397 g/mol. The van der Waals surface area contributed by atoms with Gasteiger partial charge in [0.25, 0.3) is 0 Å². The number of rotatable bonds is 9. The Bertz CT molecular complexity index is 1090. The van der Waals surface area contributed by atoms with Crippen molar-refractivity contribution in [3.05, 3.63) is 96.0 Å². The SMILES string of the molecule is O=C(CCCc1nc(-c2ccc(F)cc2)no1)N(Cc1ccccc1)Cc1ccco1. The van der Waals surface area contributed by atoms with Crippen molar-refractivity contribution in [2.75, 3.05) is 0 Å². The number of hydrogen-bond acceptors (Lipinski definition) is 5. The molecule has 0 bridgehead atoms. The molecule has 0 aliphatic carbocycles. The zero-order valence-corrected chi connectivity index (χ0v) is 16.9. The number of halogens is 1. The summed E-state index contributed by atoms with van der Waals surface area (Å²) in [4.78, 5) is 19.0. The maximum Gasteiger partial charge on any atom is 0.226 e. The second kappa shape index (κ2) is 9.84. The lowest BCUT2D eigenvalue weighted by Crippen LogP contribution is -2.29. The number of furan rings is 1. The van der Waals surface area contributed by atoms with Crippen LogP contribution in [0.4, 0.5) is 4.39 Å². The lowest BCUT2D eigenvalue weighted by molar-refractivity contribution is -0.132. The van der Waals surface area contributed by atoms with E-state index in [0.29, 0.717) is 49.6 Å². The van der Waals surface area contributed by atoms with Crippen molar-refractivity contribution in [2.24, 2.45) is 0 Å². The Kier molecular flexibility index (Phi) is 6.52. The van der Waals surface area contributed by atoms with Crippen molar-refractivity contribution in [1.82, 2.24) is 15.0 Å². The highest BCUT2D eigenvalue weighted by atomic mass is 19.1. The largest absolute Gasteiger partial charge is 0.467 e. The lowest BCUT2D eigenvalue weighted by Gasteiger charge is -2.22. The van der Waals surface area contributed by atoms with E-state index in [1.807, 2.05) is 42.5 Å². The number of aromatic nitrogens is 2. The van der Waals surface area contributed by atoms with Gasteiger partial charge in [0.2, 0.25) is 17.6 Å². The third-order valence-electron chi connectivity index (χ3n) is 4.85. The molecule has 4 rings (SSSR count). The number of benzene rings is 2. The van der Waals surface area contributed by atoms with E-state index in [1.165, 1.54) is 12.1 Å². The highest BCUT2D eigenvalue weighted by molar-refractivity contribution is 5.76. The van der Waals surface area contributed by atoms with E-state index in [0.717, 1.165) is 11.3 Å². The van der Waals surface area contributed by atoms with Gasteiger partial charge in [-0.25, -0.2) is 4.39 Å². The molecule has 0 saturated heterocycles. The first-order valence-corrected chi connectivity index (χ1v) is 10.1. The van der Waals surface area contributed by atoms with Crippen LogP contribution in [0.5, 0.6) is 0 Å². The molecule has 0 fully saturated rings. The highest BCUT2D eigenvalue weighted by Gasteiger charge is 2.17. The van der Waals surface area contributed by atoms with E-state index in [-0.39, 0.29) is 11.7 Å². The van der Waals surface area contributed by atoms with E-state index in [4.69, 9.17) is 8.94 Å². The van der Waals surface area contributed by atoms with Crippen LogP contribution in [0.2, 0.25) is 0 Å². The van der Waals surface area contributed by atoms with E-state index in [9.17, 15) is 9.18 Å². The Labute approximate surface area is 179 Å². The van der Waals surface area contributed by atoms with E-state index in [1.54, 1.807) is 23.3 Å². The normalized spacial score (nSPS) is 10.9. The van der Waals surface area contributed by atoms with Crippen LogP contribution in [-0.2, 0) is 24.3 Å². The molecule has 0 unspecified atom stereocenters. The molecule has 6 nitrogen and oxygen atoms in total. The van der Waals surface area contributed by atoms with Crippen LogP contribution in [0.25, 0.3) is 11.4 Å². The van der Waals surface area contributed by atoms with Crippen molar-refractivity contribution in [1.29, 1.82) is 0 Å². The molecule has 0 spiro atoms. The first-order chi connectivity index (χ1) is 15.2. The van der Waals surface area contributed by atoms with Crippen LogP contribution >= 0.6 is 0 Å². The summed E-state index contributed by atoms with van der Waals surface area (Å²) in [5.74, 6) is 1.31. The fourth-order valence-corrected chi connectivity index (χ4v) is 3.25. The van der Waals surface area contributed by atoms with Gasteiger partial charge in [-0.3, -0.25) is 4.79 Å². The summed E-state index contributed by atoms with van der Waals surface area (Å²) in [6, 6.07) is 19.4. The summed E-state index contributed by atoms with van der Waals surface area (Å²) in [6.45, 7) is 0.922. The summed E-state index contributed by atoms with van der Waals surface area (Å²) >= 11 is 0. The Balaban J connectivity index is 1.34. The topological polar surface area (TPSA) is 72.4 Å². The first-order valence-electron chi connectivity index (χ1n) is 10.1. The molecule has 31 heavy (non-hydrogen) atoms. The minimum Gasteiger partial charge on any atom is -0.467 e. The number of carbonyl (C=O) groups is 1.